The first-order chi connectivity index (χ1) is 10.3. The molecule has 2 aliphatic rings. The van der Waals surface area contributed by atoms with Gasteiger partial charge in [0.25, 0.3) is 0 Å². The fourth-order valence-electron chi connectivity index (χ4n) is 2.66. The Morgan fingerprint density at radius 1 is 0.739 bits per heavy atom. The van der Waals surface area contributed by atoms with Crippen LogP contribution in [0.5, 0.6) is 0 Å². The van der Waals surface area contributed by atoms with Crippen molar-refractivity contribution in [3.05, 3.63) is 12.2 Å². The molecule has 0 aromatic carbocycles. The lowest BCUT2D eigenvalue weighted by Gasteiger charge is -2.32. The van der Waals surface area contributed by atoms with E-state index >= 15 is 0 Å². The highest BCUT2D eigenvalue weighted by Crippen LogP contribution is 2.40. The van der Waals surface area contributed by atoms with Gasteiger partial charge in [-0.2, -0.15) is 0 Å². The second-order valence-electron chi connectivity index (χ2n) is 8.83. The maximum Gasteiger partial charge on any atom is 0.464 e. The molecule has 0 radical (unpaired) electrons. The van der Waals surface area contributed by atoms with Crippen molar-refractivity contribution in [3.63, 3.8) is 0 Å². The molecule has 1 atom stereocenters. The molecule has 2 fully saturated rings. The fraction of sp³-hybridized carbons (Fsp3) is 0.882. The Balaban J connectivity index is 1.88. The zero-order valence-electron chi connectivity index (χ0n) is 16.2. The van der Waals surface area contributed by atoms with Crippen LogP contribution in [-0.4, -0.2) is 36.6 Å². The van der Waals surface area contributed by atoms with Gasteiger partial charge in [0.2, 0.25) is 0 Å². The van der Waals surface area contributed by atoms with Gasteiger partial charge in [-0.3, -0.25) is 0 Å². The number of hydrogen-bond donors (Lipinski definition) is 0. The van der Waals surface area contributed by atoms with Gasteiger partial charge in [-0.05, 0) is 55.4 Å². The molecule has 0 N–H and O–H groups in total. The highest BCUT2D eigenvalue weighted by atomic mass is 16.7. The van der Waals surface area contributed by atoms with Crippen LogP contribution in [0.15, 0.2) is 12.2 Å². The van der Waals surface area contributed by atoms with E-state index in [4.69, 9.17) is 18.6 Å². The van der Waals surface area contributed by atoms with Crippen molar-refractivity contribution < 1.29 is 18.6 Å². The lowest BCUT2D eigenvalue weighted by Crippen LogP contribution is -2.41. The third-order valence-corrected chi connectivity index (χ3v) is 5.77. The summed E-state index contributed by atoms with van der Waals surface area (Å²) in [6, 6.07) is 0. The highest BCUT2D eigenvalue weighted by Gasteiger charge is 2.53. The summed E-state index contributed by atoms with van der Waals surface area (Å²) >= 11 is 0. The molecule has 0 spiro atoms. The molecular formula is C17H32B2O4. The number of allylic oxidation sites excluding steroid dienone is 2. The maximum atomic E-state index is 6.08. The lowest BCUT2D eigenvalue weighted by atomic mass is 9.72. The first-order valence-corrected chi connectivity index (χ1v) is 8.65. The first-order valence-electron chi connectivity index (χ1n) is 8.65. The zero-order chi connectivity index (χ0) is 17.7. The fourth-order valence-corrected chi connectivity index (χ4v) is 2.66. The van der Waals surface area contributed by atoms with Crippen LogP contribution in [0.4, 0.5) is 0 Å². The van der Waals surface area contributed by atoms with Gasteiger partial charge < -0.3 is 18.6 Å². The summed E-state index contributed by atoms with van der Waals surface area (Å²) in [7, 11) is -0.406. The SMILES string of the molecule is C[C@H](/C=C\CB1OC(C)(C)C(C)(C)O1)B1OC(C)(C)C(C)(C)O1. The summed E-state index contributed by atoms with van der Waals surface area (Å²) in [5.74, 6) is 0.179. The molecule has 0 aliphatic carbocycles. The van der Waals surface area contributed by atoms with Gasteiger partial charge in [0.05, 0.1) is 22.4 Å². The van der Waals surface area contributed by atoms with Gasteiger partial charge >= 0.3 is 14.2 Å². The van der Waals surface area contributed by atoms with E-state index in [2.05, 4.69) is 74.5 Å². The molecule has 23 heavy (non-hydrogen) atoms. The van der Waals surface area contributed by atoms with Crippen molar-refractivity contribution >= 4 is 14.2 Å². The van der Waals surface area contributed by atoms with Crippen LogP contribution < -0.4 is 0 Å². The minimum absolute atomic E-state index is 0.179. The van der Waals surface area contributed by atoms with Crippen LogP contribution in [0.2, 0.25) is 12.1 Å². The van der Waals surface area contributed by atoms with Crippen molar-refractivity contribution in [2.75, 3.05) is 0 Å². The largest absolute Gasteiger partial charge is 0.464 e. The first kappa shape index (κ1) is 19.0. The Hall–Kier alpha value is -0.290. The van der Waals surface area contributed by atoms with Gasteiger partial charge in [-0.1, -0.05) is 19.1 Å². The van der Waals surface area contributed by atoms with E-state index in [1.54, 1.807) is 0 Å². The number of rotatable bonds is 4. The van der Waals surface area contributed by atoms with E-state index in [1.165, 1.54) is 0 Å². The van der Waals surface area contributed by atoms with Crippen molar-refractivity contribution in [1.82, 2.24) is 0 Å². The Bertz CT molecular complexity index is 439. The van der Waals surface area contributed by atoms with Crippen LogP contribution in [-0.2, 0) is 18.6 Å². The van der Waals surface area contributed by atoms with Gasteiger partial charge in [-0.15, -0.1) is 0 Å². The summed E-state index contributed by atoms with van der Waals surface area (Å²) in [6.07, 6.45) is 4.97. The van der Waals surface area contributed by atoms with Crippen molar-refractivity contribution in [3.8, 4) is 0 Å². The summed E-state index contributed by atoms with van der Waals surface area (Å²) in [6.45, 7) is 18.7. The van der Waals surface area contributed by atoms with Crippen LogP contribution in [0.1, 0.15) is 62.3 Å². The van der Waals surface area contributed by atoms with E-state index in [9.17, 15) is 0 Å². The normalized spacial score (nSPS) is 29.4. The highest BCUT2D eigenvalue weighted by molar-refractivity contribution is 6.48. The summed E-state index contributed by atoms with van der Waals surface area (Å²) in [4.78, 5) is 0. The Morgan fingerprint density at radius 2 is 1.13 bits per heavy atom. The van der Waals surface area contributed by atoms with Crippen molar-refractivity contribution in [2.45, 2.75) is 96.9 Å². The van der Waals surface area contributed by atoms with E-state index < -0.39 is 0 Å². The second-order valence-corrected chi connectivity index (χ2v) is 8.83. The molecule has 0 aromatic rings. The van der Waals surface area contributed by atoms with Crippen LogP contribution >= 0.6 is 0 Å². The molecule has 0 unspecified atom stereocenters. The molecule has 2 aliphatic heterocycles. The predicted octanol–water partition coefficient (Wildman–Crippen LogP) is 4.12. The third kappa shape index (κ3) is 3.71. The summed E-state index contributed by atoms with van der Waals surface area (Å²) in [5.41, 5.74) is -1.12. The predicted molar refractivity (Wildman–Crippen MR) is 95.5 cm³/mol. The average Bonchev–Trinajstić information content (AvgIpc) is 2.68. The molecule has 2 saturated heterocycles. The minimum atomic E-state index is -0.286. The number of hydrogen-bond acceptors (Lipinski definition) is 4. The molecule has 0 bridgehead atoms. The Labute approximate surface area is 142 Å². The van der Waals surface area contributed by atoms with Crippen LogP contribution in [0.25, 0.3) is 0 Å². The average molecular weight is 322 g/mol. The molecular weight excluding hydrogens is 290 g/mol. The van der Waals surface area contributed by atoms with Crippen molar-refractivity contribution in [2.24, 2.45) is 0 Å². The van der Waals surface area contributed by atoms with Gasteiger partial charge in [0, 0.05) is 12.1 Å². The third-order valence-electron chi connectivity index (χ3n) is 5.77. The second kappa shape index (κ2) is 5.90. The van der Waals surface area contributed by atoms with E-state index in [0.717, 1.165) is 6.32 Å². The molecule has 2 rings (SSSR count). The molecule has 0 aromatic heterocycles. The molecule has 0 saturated carbocycles. The lowest BCUT2D eigenvalue weighted by molar-refractivity contribution is 0.00578. The smallest absolute Gasteiger partial charge is 0.403 e. The van der Waals surface area contributed by atoms with Crippen LogP contribution in [0.3, 0.4) is 0 Å². The quantitative estimate of drug-likeness (QED) is 0.576. The monoisotopic (exact) mass is 322 g/mol. The van der Waals surface area contributed by atoms with E-state index in [-0.39, 0.29) is 42.5 Å². The van der Waals surface area contributed by atoms with Gasteiger partial charge in [-0.25, -0.2) is 0 Å². The molecule has 130 valence electrons. The van der Waals surface area contributed by atoms with E-state index in [1.807, 2.05) is 0 Å². The molecule has 4 nitrogen and oxygen atoms in total. The van der Waals surface area contributed by atoms with Crippen molar-refractivity contribution in [1.29, 1.82) is 0 Å². The molecule has 0 amide bonds. The maximum absolute atomic E-state index is 6.08. The molecule has 2 heterocycles. The topological polar surface area (TPSA) is 36.9 Å². The Morgan fingerprint density at radius 3 is 1.57 bits per heavy atom. The Kier molecular flexibility index (Phi) is 4.89. The molecule has 6 heteroatoms. The van der Waals surface area contributed by atoms with Gasteiger partial charge in [0.15, 0.2) is 0 Å². The van der Waals surface area contributed by atoms with Crippen LogP contribution in [0, 0.1) is 0 Å². The summed E-state index contributed by atoms with van der Waals surface area (Å²) < 4.78 is 24.2. The minimum Gasteiger partial charge on any atom is -0.403 e. The van der Waals surface area contributed by atoms with E-state index in [0.29, 0.717) is 0 Å². The zero-order valence-corrected chi connectivity index (χ0v) is 16.2. The van der Waals surface area contributed by atoms with Gasteiger partial charge in [0.1, 0.15) is 0 Å². The standard InChI is InChI=1S/C17H32B2O4/c1-13(19-22-16(6,7)17(8,9)23-19)11-10-12-18-20-14(2,3)15(4,5)21-18/h10-11,13H,12H2,1-9H3/b11-10-/t13-/m1/s1. The summed E-state index contributed by atoms with van der Waals surface area (Å²) in [5, 5.41) is 0.